The zero-order valence-corrected chi connectivity index (χ0v) is 15.6. The molecule has 0 unspecified atom stereocenters. The number of anilines is 1. The van der Waals surface area contributed by atoms with Crippen molar-refractivity contribution >= 4 is 33.2 Å². The van der Waals surface area contributed by atoms with Crippen molar-refractivity contribution in [3.05, 3.63) is 47.0 Å². The zero-order valence-electron chi connectivity index (χ0n) is 14.1. The van der Waals surface area contributed by atoms with Gasteiger partial charge in [-0.05, 0) is 36.8 Å². The summed E-state index contributed by atoms with van der Waals surface area (Å²) < 4.78 is 34.4. The highest BCUT2D eigenvalue weighted by Gasteiger charge is 2.20. The third-order valence-electron chi connectivity index (χ3n) is 3.83. The molecular weight excluding hydrogens is 380 g/mol. The van der Waals surface area contributed by atoms with Gasteiger partial charge >= 0.3 is 6.03 Å². The van der Waals surface area contributed by atoms with Crippen molar-refractivity contribution in [1.82, 2.24) is 5.32 Å². The van der Waals surface area contributed by atoms with Crippen LogP contribution in [0.2, 0.25) is 5.02 Å². The molecule has 2 aromatic carbocycles. The third-order valence-corrected chi connectivity index (χ3v) is 5.44. The van der Waals surface area contributed by atoms with E-state index in [4.69, 9.17) is 21.1 Å². The van der Waals surface area contributed by atoms with E-state index in [1.807, 2.05) is 6.07 Å². The van der Waals surface area contributed by atoms with Crippen LogP contribution < -0.4 is 20.1 Å². The molecule has 3 rings (SSSR count). The summed E-state index contributed by atoms with van der Waals surface area (Å²) in [6, 6.07) is 8.98. The fourth-order valence-electron chi connectivity index (χ4n) is 2.60. The van der Waals surface area contributed by atoms with Crippen molar-refractivity contribution in [3.8, 4) is 11.5 Å². The first-order chi connectivity index (χ1) is 12.3. The summed E-state index contributed by atoms with van der Waals surface area (Å²) >= 11 is 5.98. The number of sulfone groups is 1. The van der Waals surface area contributed by atoms with Crippen LogP contribution in [0.5, 0.6) is 11.5 Å². The number of halogens is 1. The Morgan fingerprint density at radius 2 is 1.92 bits per heavy atom. The fourth-order valence-corrected chi connectivity index (χ4v) is 4.14. The lowest BCUT2D eigenvalue weighted by Gasteiger charge is -2.17. The Kier molecular flexibility index (Phi) is 4.97. The predicted molar refractivity (Wildman–Crippen MR) is 97.7 cm³/mol. The first-order valence-electron chi connectivity index (χ1n) is 7.71. The van der Waals surface area contributed by atoms with Crippen LogP contribution in [0.4, 0.5) is 10.5 Å². The van der Waals surface area contributed by atoms with Gasteiger partial charge in [0.25, 0.3) is 0 Å². The van der Waals surface area contributed by atoms with Gasteiger partial charge in [-0.1, -0.05) is 23.7 Å². The first-order valence-corrected chi connectivity index (χ1v) is 9.98. The summed E-state index contributed by atoms with van der Waals surface area (Å²) in [6.45, 7) is 1.97. The van der Waals surface area contributed by atoms with E-state index < -0.39 is 15.9 Å². The van der Waals surface area contributed by atoms with Gasteiger partial charge in [-0.15, -0.1) is 0 Å². The Hall–Kier alpha value is -2.45. The maximum Gasteiger partial charge on any atom is 0.319 e. The van der Waals surface area contributed by atoms with E-state index in [2.05, 4.69) is 10.6 Å². The van der Waals surface area contributed by atoms with Crippen LogP contribution in [0.25, 0.3) is 0 Å². The van der Waals surface area contributed by atoms with Crippen LogP contribution >= 0.6 is 11.6 Å². The van der Waals surface area contributed by atoms with Crippen LogP contribution in [0, 0.1) is 0 Å². The molecular formula is C17H17ClN2O5S. The van der Waals surface area contributed by atoms with Gasteiger partial charge in [0.05, 0.1) is 16.8 Å². The molecule has 0 saturated heterocycles. The van der Waals surface area contributed by atoms with Gasteiger partial charge in [0, 0.05) is 6.26 Å². The van der Waals surface area contributed by atoms with Crippen LogP contribution in [0.15, 0.2) is 41.3 Å². The smallest absolute Gasteiger partial charge is 0.319 e. The molecule has 0 radical (unpaired) electrons. The number of amides is 2. The summed E-state index contributed by atoms with van der Waals surface area (Å²) in [5.41, 5.74) is 0.939. The van der Waals surface area contributed by atoms with Gasteiger partial charge in [-0.25, -0.2) is 13.2 Å². The molecule has 0 fully saturated rings. The topological polar surface area (TPSA) is 93.7 Å². The monoisotopic (exact) mass is 396 g/mol. The average molecular weight is 397 g/mol. The van der Waals surface area contributed by atoms with Crippen molar-refractivity contribution in [1.29, 1.82) is 0 Å². The highest BCUT2D eigenvalue weighted by atomic mass is 35.5. The number of nitrogens with one attached hydrogen (secondary N) is 2. The van der Waals surface area contributed by atoms with E-state index in [1.54, 1.807) is 25.1 Å². The van der Waals surface area contributed by atoms with E-state index in [-0.39, 0.29) is 28.4 Å². The number of carbonyl (C=O) groups excluding carboxylic acids is 1. The van der Waals surface area contributed by atoms with E-state index >= 15 is 0 Å². The van der Waals surface area contributed by atoms with Crippen molar-refractivity contribution in [3.63, 3.8) is 0 Å². The number of carbonyl (C=O) groups is 1. The van der Waals surface area contributed by atoms with Gasteiger partial charge in [0.2, 0.25) is 6.79 Å². The molecule has 1 atom stereocenters. The second-order valence-corrected chi connectivity index (χ2v) is 8.18. The first kappa shape index (κ1) is 18.3. The number of rotatable bonds is 4. The molecule has 2 aromatic rings. The lowest BCUT2D eigenvalue weighted by Crippen LogP contribution is -2.31. The van der Waals surface area contributed by atoms with Crippen molar-refractivity contribution in [2.45, 2.75) is 17.9 Å². The van der Waals surface area contributed by atoms with E-state index in [0.29, 0.717) is 11.5 Å². The van der Waals surface area contributed by atoms with Gasteiger partial charge in [0.15, 0.2) is 21.3 Å². The summed E-state index contributed by atoms with van der Waals surface area (Å²) in [5.74, 6) is 1.27. The Balaban J connectivity index is 1.75. The van der Waals surface area contributed by atoms with Crippen LogP contribution in [0.3, 0.4) is 0 Å². The van der Waals surface area contributed by atoms with Crippen molar-refractivity contribution in [2.75, 3.05) is 18.4 Å². The molecule has 1 heterocycles. The number of fused-ring (bicyclic) bond motifs is 1. The molecule has 9 heteroatoms. The SMILES string of the molecule is C[C@@H](NC(=O)Nc1cccc(Cl)c1S(C)(=O)=O)c1ccc2c(c1)OCO2. The molecule has 0 aliphatic carbocycles. The lowest BCUT2D eigenvalue weighted by atomic mass is 10.1. The molecule has 1 aliphatic heterocycles. The number of benzene rings is 2. The molecule has 0 bridgehead atoms. The summed E-state index contributed by atoms with van der Waals surface area (Å²) in [6.07, 6.45) is 1.03. The second kappa shape index (κ2) is 7.05. The lowest BCUT2D eigenvalue weighted by molar-refractivity contribution is 0.174. The molecule has 0 aromatic heterocycles. The van der Waals surface area contributed by atoms with E-state index in [9.17, 15) is 13.2 Å². The maximum atomic E-state index is 12.3. The second-order valence-electron chi connectivity index (χ2n) is 5.82. The normalized spacial score (nSPS) is 14.0. The molecule has 2 amide bonds. The quantitative estimate of drug-likeness (QED) is 0.826. The molecule has 26 heavy (non-hydrogen) atoms. The number of hydrogen-bond donors (Lipinski definition) is 2. The number of urea groups is 1. The molecule has 2 N–H and O–H groups in total. The fraction of sp³-hybridized carbons (Fsp3) is 0.235. The van der Waals surface area contributed by atoms with Gasteiger partial charge in [-0.2, -0.15) is 0 Å². The van der Waals surface area contributed by atoms with Gasteiger partial charge < -0.3 is 20.1 Å². The zero-order chi connectivity index (χ0) is 18.9. The number of ether oxygens (including phenoxy) is 2. The average Bonchev–Trinajstić information content (AvgIpc) is 3.00. The maximum absolute atomic E-state index is 12.3. The Morgan fingerprint density at radius 3 is 2.65 bits per heavy atom. The van der Waals surface area contributed by atoms with Gasteiger partial charge in [0.1, 0.15) is 4.90 Å². The standard InChI is InChI=1S/C17H17ClN2O5S/c1-10(11-6-7-14-15(8-11)25-9-24-14)19-17(21)20-13-5-3-4-12(18)16(13)26(2,22)23/h3-8,10H,9H2,1-2H3,(H2,19,20,21)/t10-/m1/s1. The largest absolute Gasteiger partial charge is 0.454 e. The van der Waals surface area contributed by atoms with Crippen LogP contribution in [-0.4, -0.2) is 27.5 Å². The molecule has 0 saturated carbocycles. The summed E-state index contributed by atoms with van der Waals surface area (Å²) in [4.78, 5) is 12.2. The molecule has 138 valence electrons. The van der Waals surface area contributed by atoms with Crippen LogP contribution in [-0.2, 0) is 9.84 Å². The summed E-state index contributed by atoms with van der Waals surface area (Å²) in [7, 11) is -3.60. The Bertz CT molecular complexity index is 962. The minimum atomic E-state index is -3.60. The Labute approximate surface area is 156 Å². The van der Waals surface area contributed by atoms with Crippen molar-refractivity contribution in [2.24, 2.45) is 0 Å². The van der Waals surface area contributed by atoms with Crippen molar-refractivity contribution < 1.29 is 22.7 Å². The molecule has 7 nitrogen and oxygen atoms in total. The minimum Gasteiger partial charge on any atom is -0.454 e. The molecule has 1 aliphatic rings. The molecule has 0 spiro atoms. The third kappa shape index (κ3) is 3.86. The van der Waals surface area contributed by atoms with Crippen LogP contribution in [0.1, 0.15) is 18.5 Å². The highest BCUT2D eigenvalue weighted by Crippen LogP contribution is 2.34. The minimum absolute atomic E-state index is 0.0501. The van der Waals surface area contributed by atoms with E-state index in [1.165, 1.54) is 12.1 Å². The highest BCUT2D eigenvalue weighted by molar-refractivity contribution is 7.91. The van der Waals surface area contributed by atoms with Gasteiger partial charge in [-0.3, -0.25) is 0 Å². The number of hydrogen-bond acceptors (Lipinski definition) is 5. The Morgan fingerprint density at radius 1 is 1.19 bits per heavy atom. The predicted octanol–water partition coefficient (Wildman–Crippen LogP) is 3.35. The summed E-state index contributed by atoms with van der Waals surface area (Å²) in [5, 5.41) is 5.34. The van der Waals surface area contributed by atoms with E-state index in [0.717, 1.165) is 11.8 Å².